The zero-order valence-electron chi connectivity index (χ0n) is 34.0. The van der Waals surface area contributed by atoms with Crippen LogP contribution in [0.15, 0.2) is 243 Å². The Morgan fingerprint density at radius 3 is 1.55 bits per heavy atom. The molecule has 12 rings (SSSR count). The number of anilines is 3. The first-order valence-corrected chi connectivity index (χ1v) is 21.3. The summed E-state index contributed by atoms with van der Waals surface area (Å²) >= 11 is 0. The molecule has 0 aliphatic heterocycles. The highest BCUT2D eigenvalue weighted by atomic mass is 15.1. The summed E-state index contributed by atoms with van der Waals surface area (Å²) in [5, 5.41) is 10.0. The number of aromatic nitrogens is 1. The number of benzene rings is 11. The van der Waals surface area contributed by atoms with E-state index in [4.69, 9.17) is 0 Å². The van der Waals surface area contributed by atoms with Gasteiger partial charge in [-0.25, -0.2) is 0 Å². The molecule has 0 unspecified atom stereocenters. The third-order valence-corrected chi connectivity index (χ3v) is 12.6. The van der Waals surface area contributed by atoms with Crippen LogP contribution in [-0.4, -0.2) is 4.57 Å². The summed E-state index contributed by atoms with van der Waals surface area (Å²) in [6, 6.07) is 88.5. The fraction of sp³-hybridized carbons (Fsp3) is 0. The third-order valence-electron chi connectivity index (χ3n) is 12.6. The average Bonchev–Trinajstić information content (AvgIpc) is 3.68. The Bertz CT molecular complexity index is 3580. The molecule has 0 aliphatic carbocycles. The normalized spacial score (nSPS) is 11.5. The van der Waals surface area contributed by atoms with Gasteiger partial charge in [-0.05, 0) is 121 Å². The quantitative estimate of drug-likeness (QED) is 0.146. The summed E-state index contributed by atoms with van der Waals surface area (Å²) in [7, 11) is 0. The van der Waals surface area contributed by atoms with Gasteiger partial charge >= 0.3 is 0 Å². The second kappa shape index (κ2) is 14.8. The van der Waals surface area contributed by atoms with Gasteiger partial charge in [-0.1, -0.05) is 182 Å². The van der Waals surface area contributed by atoms with Crippen molar-refractivity contribution in [2.24, 2.45) is 0 Å². The Hall–Kier alpha value is -8.20. The van der Waals surface area contributed by atoms with Crippen LogP contribution in [0.25, 0.3) is 93.2 Å². The van der Waals surface area contributed by atoms with Gasteiger partial charge in [-0.15, -0.1) is 0 Å². The van der Waals surface area contributed by atoms with Crippen LogP contribution in [-0.2, 0) is 0 Å². The van der Waals surface area contributed by atoms with Gasteiger partial charge < -0.3 is 9.47 Å². The lowest BCUT2D eigenvalue weighted by atomic mass is 9.90. The van der Waals surface area contributed by atoms with Crippen molar-refractivity contribution in [2.45, 2.75) is 0 Å². The van der Waals surface area contributed by atoms with Gasteiger partial charge in [0.05, 0.1) is 16.7 Å². The molecule has 0 N–H and O–H groups in total. The summed E-state index contributed by atoms with van der Waals surface area (Å²) in [5.74, 6) is 0. The smallest absolute Gasteiger partial charge is 0.0541 e. The van der Waals surface area contributed by atoms with Gasteiger partial charge in [0.15, 0.2) is 0 Å². The molecule has 0 atom stereocenters. The van der Waals surface area contributed by atoms with Crippen LogP contribution in [0.1, 0.15) is 0 Å². The molecule has 2 heteroatoms. The van der Waals surface area contributed by atoms with E-state index in [1.165, 1.54) is 87.5 Å². The van der Waals surface area contributed by atoms with Crippen molar-refractivity contribution in [1.82, 2.24) is 4.57 Å². The van der Waals surface area contributed by atoms with Gasteiger partial charge in [0.1, 0.15) is 0 Å². The Morgan fingerprint density at radius 1 is 0.258 bits per heavy atom. The molecule has 0 radical (unpaired) electrons. The number of fused-ring (bicyclic) bond motifs is 7. The SMILES string of the molecule is c1ccc(N(c2ccc(-c3cc4ccccc4c4ccccc34)cc2)c2ccc(-c3ccccc3-n3c4ccccc4c4ccccc43)c(-c3cccc4ccccc34)c2)cc1. The summed E-state index contributed by atoms with van der Waals surface area (Å²) in [5.41, 5.74) is 14.0. The van der Waals surface area contributed by atoms with E-state index in [1.54, 1.807) is 0 Å². The Kier molecular flexibility index (Phi) is 8.53. The maximum absolute atomic E-state index is 2.44. The fourth-order valence-corrected chi connectivity index (χ4v) is 9.78. The van der Waals surface area contributed by atoms with E-state index < -0.39 is 0 Å². The molecule has 0 saturated carbocycles. The van der Waals surface area contributed by atoms with Crippen LogP contribution in [0.2, 0.25) is 0 Å². The maximum Gasteiger partial charge on any atom is 0.0541 e. The second-order valence-corrected chi connectivity index (χ2v) is 16.1. The van der Waals surface area contributed by atoms with Crippen molar-refractivity contribution < 1.29 is 0 Å². The van der Waals surface area contributed by atoms with Crippen molar-refractivity contribution in [1.29, 1.82) is 0 Å². The third kappa shape index (κ3) is 5.88. The molecule has 0 bridgehead atoms. The minimum absolute atomic E-state index is 1.08. The predicted molar refractivity (Wildman–Crippen MR) is 264 cm³/mol. The number of rotatable bonds is 7. The van der Waals surface area contributed by atoms with E-state index in [0.29, 0.717) is 0 Å². The molecule has 62 heavy (non-hydrogen) atoms. The lowest BCUT2D eigenvalue weighted by molar-refractivity contribution is 1.18. The van der Waals surface area contributed by atoms with Crippen LogP contribution in [0.5, 0.6) is 0 Å². The molecular weight excluding hydrogens is 749 g/mol. The van der Waals surface area contributed by atoms with Gasteiger partial charge in [0.25, 0.3) is 0 Å². The van der Waals surface area contributed by atoms with Crippen molar-refractivity contribution in [3.05, 3.63) is 243 Å². The molecule has 2 nitrogen and oxygen atoms in total. The van der Waals surface area contributed by atoms with Crippen molar-refractivity contribution in [2.75, 3.05) is 4.90 Å². The Labute approximate surface area is 360 Å². The predicted octanol–water partition coefficient (Wildman–Crippen LogP) is 16.7. The first-order chi connectivity index (χ1) is 30.8. The van der Waals surface area contributed by atoms with Crippen LogP contribution in [0.4, 0.5) is 17.1 Å². The number of hydrogen-bond donors (Lipinski definition) is 0. The van der Waals surface area contributed by atoms with Crippen molar-refractivity contribution in [3.63, 3.8) is 0 Å². The zero-order chi connectivity index (χ0) is 41.0. The fourth-order valence-electron chi connectivity index (χ4n) is 9.78. The molecule has 0 saturated heterocycles. The number of nitrogens with zero attached hydrogens (tertiary/aromatic N) is 2. The monoisotopic (exact) mass is 788 g/mol. The highest BCUT2D eigenvalue weighted by Gasteiger charge is 2.21. The van der Waals surface area contributed by atoms with Crippen molar-refractivity contribution >= 4 is 71.2 Å². The maximum atomic E-state index is 2.44. The molecule has 0 spiro atoms. The van der Waals surface area contributed by atoms with Gasteiger partial charge in [-0.3, -0.25) is 0 Å². The van der Waals surface area contributed by atoms with Crippen molar-refractivity contribution in [3.8, 4) is 39.1 Å². The first kappa shape index (κ1) is 35.7. The lowest BCUT2D eigenvalue weighted by Gasteiger charge is -2.27. The molecular formula is C60H40N2. The molecule has 1 heterocycles. The number of para-hydroxylation sites is 4. The largest absolute Gasteiger partial charge is 0.310 e. The van der Waals surface area contributed by atoms with Gasteiger partial charge in [0.2, 0.25) is 0 Å². The summed E-state index contributed by atoms with van der Waals surface area (Å²) in [4.78, 5) is 2.39. The van der Waals surface area contributed by atoms with E-state index in [0.717, 1.165) is 22.7 Å². The summed E-state index contributed by atoms with van der Waals surface area (Å²) in [6.45, 7) is 0. The van der Waals surface area contributed by atoms with E-state index in [-0.39, 0.29) is 0 Å². The van der Waals surface area contributed by atoms with E-state index >= 15 is 0 Å². The Balaban J connectivity index is 1.06. The van der Waals surface area contributed by atoms with E-state index in [9.17, 15) is 0 Å². The average molecular weight is 789 g/mol. The molecule has 290 valence electrons. The zero-order valence-corrected chi connectivity index (χ0v) is 34.0. The van der Waals surface area contributed by atoms with Crippen LogP contribution < -0.4 is 4.90 Å². The molecule has 0 aliphatic rings. The van der Waals surface area contributed by atoms with Crippen LogP contribution >= 0.6 is 0 Å². The highest BCUT2D eigenvalue weighted by molar-refractivity contribution is 6.14. The highest BCUT2D eigenvalue weighted by Crippen LogP contribution is 2.45. The van der Waals surface area contributed by atoms with E-state index in [1.807, 2.05) is 0 Å². The minimum atomic E-state index is 1.08. The first-order valence-electron chi connectivity index (χ1n) is 21.3. The summed E-state index contributed by atoms with van der Waals surface area (Å²) < 4.78 is 2.44. The molecule has 0 amide bonds. The molecule has 0 fully saturated rings. The van der Waals surface area contributed by atoms with Gasteiger partial charge in [-0.2, -0.15) is 0 Å². The Morgan fingerprint density at radius 2 is 0.790 bits per heavy atom. The van der Waals surface area contributed by atoms with E-state index in [2.05, 4.69) is 252 Å². The standard InChI is InChI=1S/C60H40N2/c1-2-20-44(21-3-1)61(45-35-33-42(34-36-45)56-39-43-18-5-7-23-48(43)49-24-8-9-25-51(49)56)46-37-38-52(57(40-46)50-29-16-19-41-17-4-6-22-47(41)50)53-26-10-13-30-58(53)62-59-31-14-11-27-54(59)55-28-12-15-32-60(55)62/h1-40H. The second-order valence-electron chi connectivity index (χ2n) is 16.1. The van der Waals surface area contributed by atoms with Crippen LogP contribution in [0, 0.1) is 0 Å². The van der Waals surface area contributed by atoms with Gasteiger partial charge in [0, 0.05) is 33.4 Å². The summed E-state index contributed by atoms with van der Waals surface area (Å²) in [6.07, 6.45) is 0. The minimum Gasteiger partial charge on any atom is -0.310 e. The number of hydrogen-bond acceptors (Lipinski definition) is 1. The molecule has 12 aromatic rings. The lowest BCUT2D eigenvalue weighted by Crippen LogP contribution is -2.10. The van der Waals surface area contributed by atoms with Crippen LogP contribution in [0.3, 0.4) is 0 Å². The topological polar surface area (TPSA) is 8.17 Å². The molecule has 11 aromatic carbocycles. The molecule has 1 aromatic heterocycles.